The Balaban J connectivity index is 1.87. The van der Waals surface area contributed by atoms with Crippen molar-refractivity contribution in [3.63, 3.8) is 0 Å². The zero-order chi connectivity index (χ0) is 16.9. The van der Waals surface area contributed by atoms with Gasteiger partial charge in [0.05, 0.1) is 6.10 Å². The number of ether oxygens (including phenoxy) is 1. The lowest BCUT2D eigenvalue weighted by Crippen LogP contribution is -2.39. The highest BCUT2D eigenvalue weighted by molar-refractivity contribution is 5.92. The molecule has 1 aromatic rings. The Bertz CT molecular complexity index is 537. The van der Waals surface area contributed by atoms with Crippen LogP contribution in [-0.4, -0.2) is 41.3 Å². The Morgan fingerprint density at radius 2 is 2.09 bits per heavy atom. The summed E-state index contributed by atoms with van der Waals surface area (Å²) < 4.78 is 41.9. The third-order valence-corrected chi connectivity index (χ3v) is 3.86. The van der Waals surface area contributed by atoms with Gasteiger partial charge >= 0.3 is 6.18 Å². The van der Waals surface area contributed by atoms with Gasteiger partial charge in [-0.2, -0.15) is 13.2 Å². The molecule has 0 bridgehead atoms. The molecule has 1 aromatic heterocycles. The van der Waals surface area contributed by atoms with Gasteiger partial charge in [0.2, 0.25) is 0 Å². The van der Waals surface area contributed by atoms with Crippen molar-refractivity contribution in [3.8, 4) is 0 Å². The molecule has 1 saturated carbocycles. The lowest BCUT2D eigenvalue weighted by molar-refractivity contribution is -0.193. The van der Waals surface area contributed by atoms with Crippen LogP contribution in [0.1, 0.15) is 41.9 Å². The van der Waals surface area contributed by atoms with E-state index in [-0.39, 0.29) is 24.1 Å². The minimum Gasteiger partial charge on any atom is -0.368 e. The predicted octanol–water partition coefficient (Wildman–Crippen LogP) is 2.65. The molecule has 0 spiro atoms. The van der Waals surface area contributed by atoms with Crippen LogP contribution in [0, 0.1) is 12.8 Å². The molecule has 1 aliphatic carbocycles. The first kappa shape index (κ1) is 17.7. The summed E-state index contributed by atoms with van der Waals surface area (Å²) in [5.41, 5.74) is 0.926. The topological polar surface area (TPSA) is 64.1 Å². The van der Waals surface area contributed by atoms with Crippen LogP contribution in [0.2, 0.25) is 0 Å². The number of hydrogen-bond donors (Lipinski definition) is 1. The molecular formula is C15H20F3N3O2. The number of carbonyl (C=O) groups excluding carboxylic acids is 1. The van der Waals surface area contributed by atoms with E-state index >= 15 is 0 Å². The van der Waals surface area contributed by atoms with Crippen molar-refractivity contribution in [3.05, 3.63) is 23.8 Å². The van der Waals surface area contributed by atoms with Gasteiger partial charge in [0.1, 0.15) is 18.6 Å². The van der Waals surface area contributed by atoms with Gasteiger partial charge in [0.15, 0.2) is 0 Å². The van der Waals surface area contributed by atoms with E-state index in [9.17, 15) is 18.0 Å². The van der Waals surface area contributed by atoms with E-state index in [1.807, 2.05) is 0 Å². The van der Waals surface area contributed by atoms with Crippen LogP contribution in [0.5, 0.6) is 0 Å². The second kappa shape index (κ2) is 7.72. The van der Waals surface area contributed by atoms with Crippen molar-refractivity contribution in [2.75, 3.05) is 13.2 Å². The van der Waals surface area contributed by atoms with Gasteiger partial charge in [-0.25, -0.2) is 9.97 Å². The normalized spacial score (nSPS) is 21.9. The van der Waals surface area contributed by atoms with Crippen molar-refractivity contribution in [2.24, 2.45) is 5.92 Å². The summed E-state index contributed by atoms with van der Waals surface area (Å²) in [6, 6.07) is 1.56. The predicted molar refractivity (Wildman–Crippen MR) is 76.9 cm³/mol. The summed E-state index contributed by atoms with van der Waals surface area (Å²) in [6.45, 7) is 0.790. The first-order valence-electron chi connectivity index (χ1n) is 7.60. The van der Waals surface area contributed by atoms with Crippen LogP contribution in [0.25, 0.3) is 0 Å². The van der Waals surface area contributed by atoms with E-state index in [4.69, 9.17) is 4.74 Å². The van der Waals surface area contributed by atoms with E-state index in [0.717, 1.165) is 19.3 Å². The lowest BCUT2D eigenvalue weighted by atomic mass is 9.86. The number of aryl methyl sites for hydroxylation is 1. The van der Waals surface area contributed by atoms with E-state index in [1.165, 1.54) is 6.33 Å². The smallest absolute Gasteiger partial charge is 0.368 e. The van der Waals surface area contributed by atoms with Crippen LogP contribution in [-0.2, 0) is 4.74 Å². The Hall–Kier alpha value is -1.70. The van der Waals surface area contributed by atoms with Gasteiger partial charge in [0.25, 0.3) is 5.91 Å². The third-order valence-electron chi connectivity index (χ3n) is 3.86. The van der Waals surface area contributed by atoms with Gasteiger partial charge in [-0.15, -0.1) is 0 Å². The summed E-state index contributed by atoms with van der Waals surface area (Å²) in [7, 11) is 0. The molecule has 23 heavy (non-hydrogen) atoms. The first-order chi connectivity index (χ1) is 10.8. The molecule has 1 N–H and O–H groups in total. The minimum absolute atomic E-state index is 0.113. The molecule has 0 aromatic carbocycles. The Morgan fingerprint density at radius 3 is 2.78 bits per heavy atom. The maximum absolute atomic E-state index is 12.3. The molecule has 1 amide bonds. The molecular weight excluding hydrogens is 311 g/mol. The summed E-state index contributed by atoms with van der Waals surface area (Å²) in [5.74, 6) is -0.464. The zero-order valence-electron chi connectivity index (χ0n) is 12.9. The molecule has 0 aliphatic heterocycles. The van der Waals surface area contributed by atoms with Crippen molar-refractivity contribution in [1.82, 2.24) is 15.3 Å². The molecule has 1 aliphatic rings. The highest BCUT2D eigenvalue weighted by atomic mass is 19.4. The number of nitrogens with zero attached hydrogens (tertiary/aromatic N) is 2. The minimum atomic E-state index is -4.33. The van der Waals surface area contributed by atoms with E-state index in [1.54, 1.807) is 13.0 Å². The number of amides is 1. The average molecular weight is 331 g/mol. The van der Waals surface area contributed by atoms with E-state index in [0.29, 0.717) is 12.1 Å². The van der Waals surface area contributed by atoms with Crippen molar-refractivity contribution >= 4 is 5.91 Å². The maximum atomic E-state index is 12.3. The molecule has 8 heteroatoms. The van der Waals surface area contributed by atoms with Crippen LogP contribution >= 0.6 is 0 Å². The fourth-order valence-electron chi connectivity index (χ4n) is 2.72. The number of hydrogen-bond acceptors (Lipinski definition) is 4. The molecule has 128 valence electrons. The SMILES string of the molecule is Cc1cc(C(=O)NC[C@@H]2CCCC[C@@H]2OCC(F)(F)F)ncn1. The number of alkyl halides is 3. The second-order valence-corrected chi connectivity index (χ2v) is 5.76. The summed E-state index contributed by atoms with van der Waals surface area (Å²) >= 11 is 0. The highest BCUT2D eigenvalue weighted by Gasteiger charge is 2.33. The first-order valence-corrected chi connectivity index (χ1v) is 7.60. The number of rotatable bonds is 5. The second-order valence-electron chi connectivity index (χ2n) is 5.76. The molecule has 2 rings (SSSR count). The van der Waals surface area contributed by atoms with E-state index < -0.39 is 18.9 Å². The molecule has 0 saturated heterocycles. The van der Waals surface area contributed by atoms with Crippen molar-refractivity contribution in [2.45, 2.75) is 44.9 Å². The fourth-order valence-corrected chi connectivity index (χ4v) is 2.72. The number of halogens is 3. The molecule has 2 atom stereocenters. The summed E-state index contributed by atoms with van der Waals surface area (Å²) in [6.07, 6.45) is -0.395. The maximum Gasteiger partial charge on any atom is 0.411 e. The molecule has 0 unspecified atom stereocenters. The van der Waals surface area contributed by atoms with Gasteiger partial charge in [-0.05, 0) is 25.8 Å². The number of carbonyl (C=O) groups is 1. The standard InChI is InChI=1S/C15H20F3N3O2/c1-10-6-12(21-9-20-10)14(22)19-7-11-4-2-3-5-13(11)23-8-15(16,17)18/h6,9,11,13H,2-5,7-8H2,1H3,(H,19,22)/t11-,13-/m0/s1. The Kier molecular flexibility index (Phi) is 5.92. The van der Waals surface area contributed by atoms with Gasteiger partial charge in [0, 0.05) is 18.2 Å². The molecule has 1 fully saturated rings. The van der Waals surface area contributed by atoms with Gasteiger partial charge < -0.3 is 10.1 Å². The molecule has 5 nitrogen and oxygen atoms in total. The largest absolute Gasteiger partial charge is 0.411 e. The summed E-state index contributed by atoms with van der Waals surface area (Å²) in [4.78, 5) is 19.8. The van der Waals surface area contributed by atoms with Crippen LogP contribution in [0.3, 0.4) is 0 Å². The van der Waals surface area contributed by atoms with Crippen molar-refractivity contribution < 1.29 is 22.7 Å². The summed E-state index contributed by atoms with van der Waals surface area (Å²) in [5, 5.41) is 2.73. The highest BCUT2D eigenvalue weighted by Crippen LogP contribution is 2.28. The van der Waals surface area contributed by atoms with Crippen LogP contribution < -0.4 is 5.32 Å². The average Bonchev–Trinajstić information content (AvgIpc) is 2.50. The fraction of sp³-hybridized carbons (Fsp3) is 0.667. The zero-order valence-corrected chi connectivity index (χ0v) is 12.9. The Labute approximate surface area is 132 Å². The monoisotopic (exact) mass is 331 g/mol. The van der Waals surface area contributed by atoms with Gasteiger partial charge in [-0.3, -0.25) is 4.79 Å². The molecule has 1 heterocycles. The van der Waals surface area contributed by atoms with Crippen LogP contribution in [0.4, 0.5) is 13.2 Å². The van der Waals surface area contributed by atoms with Gasteiger partial charge in [-0.1, -0.05) is 12.8 Å². The van der Waals surface area contributed by atoms with E-state index in [2.05, 4.69) is 15.3 Å². The lowest BCUT2D eigenvalue weighted by Gasteiger charge is -2.31. The van der Waals surface area contributed by atoms with Crippen LogP contribution in [0.15, 0.2) is 12.4 Å². The Morgan fingerprint density at radius 1 is 1.35 bits per heavy atom. The number of nitrogens with one attached hydrogen (secondary N) is 1. The quantitative estimate of drug-likeness (QED) is 0.901. The third kappa shape index (κ3) is 5.78. The molecule has 0 radical (unpaired) electrons. The van der Waals surface area contributed by atoms with Crippen molar-refractivity contribution in [1.29, 1.82) is 0 Å². The number of aromatic nitrogens is 2.